The molecule has 3 heteroatoms. The minimum atomic E-state index is -0.0816. The summed E-state index contributed by atoms with van der Waals surface area (Å²) < 4.78 is 10.9. The minimum absolute atomic E-state index is 0.0681. The average molecular weight is 194 g/mol. The molecule has 0 spiro atoms. The summed E-state index contributed by atoms with van der Waals surface area (Å²) in [5.74, 6) is 1.74. The number of fused-ring (bicyclic) bond motifs is 1. The summed E-state index contributed by atoms with van der Waals surface area (Å²) in [5, 5.41) is 8.95. The zero-order valence-corrected chi connectivity index (χ0v) is 8.19. The molecule has 76 valence electrons. The van der Waals surface area contributed by atoms with Gasteiger partial charge in [-0.3, -0.25) is 0 Å². The van der Waals surface area contributed by atoms with Crippen LogP contribution in [0.1, 0.15) is 12.5 Å². The van der Waals surface area contributed by atoms with Crippen LogP contribution in [0.4, 0.5) is 0 Å². The molecule has 3 nitrogen and oxygen atoms in total. The van der Waals surface area contributed by atoms with E-state index in [9.17, 15) is 0 Å². The lowest BCUT2D eigenvalue weighted by atomic mass is 10.1. The van der Waals surface area contributed by atoms with Gasteiger partial charge in [0, 0.05) is 12.0 Å². The number of aliphatic hydroxyl groups is 1. The monoisotopic (exact) mass is 194 g/mol. The Morgan fingerprint density at radius 1 is 1.57 bits per heavy atom. The summed E-state index contributed by atoms with van der Waals surface area (Å²) in [4.78, 5) is 0. The Hall–Kier alpha value is -1.22. The van der Waals surface area contributed by atoms with Gasteiger partial charge in [0.1, 0.15) is 17.6 Å². The fraction of sp³-hybridized carbons (Fsp3) is 0.455. The maximum absolute atomic E-state index is 8.95. The van der Waals surface area contributed by atoms with Crippen molar-refractivity contribution in [2.75, 3.05) is 13.2 Å². The highest BCUT2D eigenvalue weighted by atomic mass is 16.5. The highest BCUT2D eigenvalue weighted by Gasteiger charge is 2.22. The molecule has 0 unspecified atom stereocenters. The van der Waals surface area contributed by atoms with E-state index in [0.29, 0.717) is 6.61 Å². The van der Waals surface area contributed by atoms with Crippen molar-refractivity contribution in [3.05, 3.63) is 23.8 Å². The average Bonchev–Trinajstić information content (AvgIpc) is 2.60. The van der Waals surface area contributed by atoms with E-state index in [2.05, 4.69) is 0 Å². The molecule has 14 heavy (non-hydrogen) atoms. The van der Waals surface area contributed by atoms with Crippen LogP contribution >= 0.6 is 0 Å². The molecule has 1 N–H and O–H groups in total. The van der Waals surface area contributed by atoms with Gasteiger partial charge in [0.05, 0.1) is 13.2 Å². The van der Waals surface area contributed by atoms with Crippen LogP contribution in [-0.2, 0) is 6.42 Å². The van der Waals surface area contributed by atoms with Crippen molar-refractivity contribution in [3.8, 4) is 11.5 Å². The number of hydrogen-bond acceptors (Lipinski definition) is 3. The van der Waals surface area contributed by atoms with Gasteiger partial charge < -0.3 is 14.6 Å². The summed E-state index contributed by atoms with van der Waals surface area (Å²) in [7, 11) is 0. The third-order valence-corrected chi connectivity index (χ3v) is 2.29. The molecule has 1 atom stereocenters. The van der Waals surface area contributed by atoms with Gasteiger partial charge in [-0.1, -0.05) is 0 Å². The molecule has 0 saturated heterocycles. The van der Waals surface area contributed by atoms with Crippen molar-refractivity contribution in [3.63, 3.8) is 0 Å². The van der Waals surface area contributed by atoms with Crippen LogP contribution in [0, 0.1) is 0 Å². The SMILES string of the molecule is CCOc1ccc2c(c1)C[C@@H](CO)O2. The molecule has 1 aromatic carbocycles. The second-order valence-corrected chi connectivity index (χ2v) is 3.33. The van der Waals surface area contributed by atoms with Crippen molar-refractivity contribution < 1.29 is 14.6 Å². The summed E-state index contributed by atoms with van der Waals surface area (Å²) in [6.45, 7) is 2.70. The minimum Gasteiger partial charge on any atom is -0.494 e. The van der Waals surface area contributed by atoms with Gasteiger partial charge >= 0.3 is 0 Å². The third-order valence-electron chi connectivity index (χ3n) is 2.29. The predicted octanol–water partition coefficient (Wildman–Crippen LogP) is 1.38. The molecule has 0 saturated carbocycles. The number of rotatable bonds is 3. The predicted molar refractivity (Wildman–Crippen MR) is 52.8 cm³/mol. The summed E-state index contributed by atoms with van der Waals surface area (Å²) in [6, 6.07) is 5.77. The van der Waals surface area contributed by atoms with Crippen molar-refractivity contribution in [1.29, 1.82) is 0 Å². The normalized spacial score (nSPS) is 18.9. The zero-order chi connectivity index (χ0) is 9.97. The molecule has 0 fully saturated rings. The van der Waals surface area contributed by atoms with Gasteiger partial charge in [-0.2, -0.15) is 0 Å². The second-order valence-electron chi connectivity index (χ2n) is 3.33. The molecule has 0 bridgehead atoms. The van der Waals surface area contributed by atoms with Crippen LogP contribution in [-0.4, -0.2) is 24.4 Å². The van der Waals surface area contributed by atoms with Gasteiger partial charge in [0.15, 0.2) is 0 Å². The summed E-state index contributed by atoms with van der Waals surface area (Å²) >= 11 is 0. The first-order chi connectivity index (χ1) is 6.83. The van der Waals surface area contributed by atoms with Crippen molar-refractivity contribution in [2.45, 2.75) is 19.4 Å². The molecule has 1 aliphatic heterocycles. The van der Waals surface area contributed by atoms with Crippen LogP contribution in [0.25, 0.3) is 0 Å². The number of hydrogen-bond donors (Lipinski definition) is 1. The molecule has 1 aromatic rings. The molecular weight excluding hydrogens is 180 g/mol. The Kier molecular flexibility index (Phi) is 2.59. The van der Waals surface area contributed by atoms with Crippen LogP contribution in [0.2, 0.25) is 0 Å². The lowest BCUT2D eigenvalue weighted by molar-refractivity contribution is 0.134. The Labute approximate surface area is 83.3 Å². The van der Waals surface area contributed by atoms with Crippen LogP contribution < -0.4 is 9.47 Å². The maximum Gasteiger partial charge on any atom is 0.126 e. The van der Waals surface area contributed by atoms with Crippen molar-refractivity contribution in [2.24, 2.45) is 0 Å². The van der Waals surface area contributed by atoms with Gasteiger partial charge in [0.25, 0.3) is 0 Å². The van der Waals surface area contributed by atoms with E-state index in [1.807, 2.05) is 25.1 Å². The quantitative estimate of drug-likeness (QED) is 0.790. The van der Waals surface area contributed by atoms with Crippen LogP contribution in [0.5, 0.6) is 11.5 Å². The molecule has 1 aliphatic rings. The van der Waals surface area contributed by atoms with Gasteiger partial charge in [-0.05, 0) is 25.1 Å². The fourth-order valence-corrected chi connectivity index (χ4v) is 1.66. The molecule has 2 rings (SSSR count). The second kappa shape index (κ2) is 3.88. The number of aliphatic hydroxyl groups excluding tert-OH is 1. The van der Waals surface area contributed by atoms with Gasteiger partial charge in [-0.15, -0.1) is 0 Å². The zero-order valence-electron chi connectivity index (χ0n) is 8.19. The molecule has 0 aliphatic carbocycles. The number of benzene rings is 1. The Morgan fingerprint density at radius 2 is 2.43 bits per heavy atom. The van der Waals surface area contributed by atoms with Crippen LogP contribution in [0.15, 0.2) is 18.2 Å². The lowest BCUT2D eigenvalue weighted by Crippen LogP contribution is -2.17. The third kappa shape index (κ3) is 1.68. The molecular formula is C11H14O3. The molecule has 0 aromatic heterocycles. The van der Waals surface area contributed by atoms with Gasteiger partial charge in [0.2, 0.25) is 0 Å². The number of ether oxygens (including phenoxy) is 2. The molecule has 0 radical (unpaired) electrons. The van der Waals surface area contributed by atoms with E-state index in [4.69, 9.17) is 14.6 Å². The lowest BCUT2D eigenvalue weighted by Gasteiger charge is -2.05. The Morgan fingerprint density at radius 3 is 3.14 bits per heavy atom. The van der Waals surface area contributed by atoms with E-state index < -0.39 is 0 Å². The molecule has 1 heterocycles. The van der Waals surface area contributed by atoms with E-state index in [1.54, 1.807) is 0 Å². The smallest absolute Gasteiger partial charge is 0.126 e. The van der Waals surface area contributed by atoms with Gasteiger partial charge in [-0.25, -0.2) is 0 Å². The fourth-order valence-electron chi connectivity index (χ4n) is 1.66. The van der Waals surface area contributed by atoms with E-state index in [-0.39, 0.29) is 12.7 Å². The Bertz CT molecular complexity index is 322. The topological polar surface area (TPSA) is 38.7 Å². The largest absolute Gasteiger partial charge is 0.494 e. The first-order valence-electron chi connectivity index (χ1n) is 4.86. The van der Waals surface area contributed by atoms with E-state index in [1.165, 1.54) is 0 Å². The standard InChI is InChI=1S/C11H14O3/c1-2-13-9-3-4-11-8(5-9)6-10(7-12)14-11/h3-5,10,12H,2,6-7H2,1H3/t10-/m0/s1. The van der Waals surface area contributed by atoms with E-state index in [0.717, 1.165) is 23.5 Å². The summed E-state index contributed by atoms with van der Waals surface area (Å²) in [5.41, 5.74) is 1.12. The first kappa shape index (κ1) is 9.34. The van der Waals surface area contributed by atoms with E-state index >= 15 is 0 Å². The highest BCUT2D eigenvalue weighted by Crippen LogP contribution is 2.31. The van der Waals surface area contributed by atoms with Crippen LogP contribution in [0.3, 0.4) is 0 Å². The maximum atomic E-state index is 8.95. The Balaban J connectivity index is 2.17. The first-order valence-corrected chi connectivity index (χ1v) is 4.86. The van der Waals surface area contributed by atoms with Crippen molar-refractivity contribution >= 4 is 0 Å². The molecule has 0 amide bonds. The highest BCUT2D eigenvalue weighted by molar-refractivity contribution is 5.43. The summed E-state index contributed by atoms with van der Waals surface area (Å²) in [6.07, 6.45) is 0.689. The van der Waals surface area contributed by atoms with Crippen molar-refractivity contribution in [1.82, 2.24) is 0 Å².